The Kier molecular flexibility index (Phi) is 4.49. The van der Waals surface area contributed by atoms with Crippen LogP contribution in [0, 0.1) is 0 Å². The lowest BCUT2D eigenvalue weighted by atomic mass is 10.1. The summed E-state index contributed by atoms with van der Waals surface area (Å²) in [5.41, 5.74) is 2.43. The molecule has 19 heavy (non-hydrogen) atoms. The summed E-state index contributed by atoms with van der Waals surface area (Å²) in [7, 11) is 0. The SMILES string of the molecule is OC(c1cc2c(s1)CCCCC2)c1cc(Br)sc1Br. The lowest BCUT2D eigenvalue weighted by Gasteiger charge is -2.07. The third kappa shape index (κ3) is 3.00. The first-order chi connectivity index (χ1) is 9.15. The highest BCUT2D eigenvalue weighted by Crippen LogP contribution is 2.41. The Labute approximate surface area is 137 Å². The number of aliphatic hydroxyl groups is 1. The van der Waals surface area contributed by atoms with Gasteiger partial charge in [0.05, 0.1) is 7.57 Å². The molecule has 1 atom stereocenters. The van der Waals surface area contributed by atoms with Crippen molar-refractivity contribution in [2.24, 2.45) is 0 Å². The molecule has 0 saturated heterocycles. The summed E-state index contributed by atoms with van der Waals surface area (Å²) >= 11 is 10.4. The van der Waals surface area contributed by atoms with Gasteiger partial charge in [0.25, 0.3) is 0 Å². The molecule has 2 heterocycles. The van der Waals surface area contributed by atoms with Crippen LogP contribution in [0.25, 0.3) is 0 Å². The Morgan fingerprint density at radius 3 is 2.58 bits per heavy atom. The Hall–Kier alpha value is 0.320. The van der Waals surface area contributed by atoms with Gasteiger partial charge in [-0.15, -0.1) is 22.7 Å². The molecule has 3 rings (SSSR count). The molecule has 0 aromatic carbocycles. The molecule has 0 aliphatic heterocycles. The van der Waals surface area contributed by atoms with Crippen molar-refractivity contribution in [2.75, 3.05) is 0 Å². The van der Waals surface area contributed by atoms with Gasteiger partial charge in [0.2, 0.25) is 0 Å². The number of rotatable bonds is 2. The average molecular weight is 422 g/mol. The molecular formula is C14H14Br2OS2. The Morgan fingerprint density at radius 2 is 1.84 bits per heavy atom. The third-order valence-electron chi connectivity index (χ3n) is 3.51. The summed E-state index contributed by atoms with van der Waals surface area (Å²) < 4.78 is 2.06. The lowest BCUT2D eigenvalue weighted by Crippen LogP contribution is -1.95. The van der Waals surface area contributed by atoms with E-state index < -0.39 is 6.10 Å². The molecule has 1 aliphatic rings. The first-order valence-electron chi connectivity index (χ1n) is 6.39. The molecule has 0 spiro atoms. The van der Waals surface area contributed by atoms with Crippen LogP contribution < -0.4 is 0 Å². The van der Waals surface area contributed by atoms with E-state index in [1.54, 1.807) is 22.7 Å². The highest BCUT2D eigenvalue weighted by molar-refractivity contribution is 9.12. The van der Waals surface area contributed by atoms with Gasteiger partial charge in [-0.3, -0.25) is 0 Å². The van der Waals surface area contributed by atoms with Crippen molar-refractivity contribution >= 4 is 54.5 Å². The van der Waals surface area contributed by atoms with Gasteiger partial charge in [-0.25, -0.2) is 0 Å². The quantitative estimate of drug-likeness (QED) is 0.617. The molecule has 1 nitrogen and oxygen atoms in total. The van der Waals surface area contributed by atoms with Crippen molar-refractivity contribution in [3.63, 3.8) is 0 Å². The van der Waals surface area contributed by atoms with E-state index in [0.29, 0.717) is 0 Å². The van der Waals surface area contributed by atoms with Crippen LogP contribution in [0.4, 0.5) is 0 Å². The first kappa shape index (κ1) is 14.3. The molecule has 0 radical (unpaired) electrons. The summed E-state index contributed by atoms with van der Waals surface area (Å²) in [6.07, 6.45) is 5.76. The zero-order valence-electron chi connectivity index (χ0n) is 10.3. The number of aliphatic hydroxyl groups excluding tert-OH is 1. The standard InChI is InChI=1S/C14H14Br2OS2/c15-12-7-9(14(16)19-12)13(17)11-6-8-4-2-1-3-5-10(8)18-11/h6-7,13,17H,1-5H2. The molecule has 2 aromatic rings. The predicted octanol–water partition coefficient (Wildman–Crippen LogP) is 5.69. The van der Waals surface area contributed by atoms with E-state index in [0.717, 1.165) is 18.0 Å². The van der Waals surface area contributed by atoms with Crippen LogP contribution in [0.15, 0.2) is 19.7 Å². The fraction of sp³-hybridized carbons (Fsp3) is 0.429. The van der Waals surface area contributed by atoms with Gasteiger partial charge in [-0.2, -0.15) is 0 Å². The van der Waals surface area contributed by atoms with Gasteiger partial charge in [0.1, 0.15) is 6.10 Å². The van der Waals surface area contributed by atoms with Crippen molar-refractivity contribution in [2.45, 2.75) is 38.2 Å². The van der Waals surface area contributed by atoms with E-state index in [4.69, 9.17) is 0 Å². The molecule has 5 heteroatoms. The van der Waals surface area contributed by atoms with Crippen LogP contribution in [-0.4, -0.2) is 5.11 Å². The van der Waals surface area contributed by atoms with Crippen molar-refractivity contribution in [3.05, 3.63) is 40.6 Å². The monoisotopic (exact) mass is 420 g/mol. The zero-order valence-corrected chi connectivity index (χ0v) is 15.1. The molecule has 1 unspecified atom stereocenters. The van der Waals surface area contributed by atoms with E-state index in [1.807, 2.05) is 6.07 Å². The molecular weight excluding hydrogens is 408 g/mol. The fourth-order valence-corrected chi connectivity index (χ4v) is 6.66. The second-order valence-electron chi connectivity index (χ2n) is 4.84. The summed E-state index contributed by atoms with van der Waals surface area (Å²) in [4.78, 5) is 2.56. The van der Waals surface area contributed by atoms with E-state index in [9.17, 15) is 5.11 Å². The van der Waals surface area contributed by atoms with Crippen molar-refractivity contribution in [1.82, 2.24) is 0 Å². The minimum Gasteiger partial charge on any atom is -0.383 e. The highest BCUT2D eigenvalue weighted by atomic mass is 79.9. The van der Waals surface area contributed by atoms with Crippen LogP contribution in [0.1, 0.15) is 46.2 Å². The van der Waals surface area contributed by atoms with E-state index in [-0.39, 0.29) is 0 Å². The maximum atomic E-state index is 10.6. The van der Waals surface area contributed by atoms with Crippen molar-refractivity contribution in [1.29, 1.82) is 0 Å². The number of hydrogen-bond donors (Lipinski definition) is 1. The molecule has 1 N–H and O–H groups in total. The number of fused-ring (bicyclic) bond motifs is 1. The van der Waals surface area contributed by atoms with Crippen LogP contribution in [0.3, 0.4) is 0 Å². The normalized spacial score (nSPS) is 17.0. The second-order valence-corrected chi connectivity index (χ2v) is 9.76. The average Bonchev–Trinajstić information content (AvgIpc) is 2.85. The zero-order chi connectivity index (χ0) is 13.4. The van der Waals surface area contributed by atoms with Gasteiger partial charge in [0, 0.05) is 15.3 Å². The lowest BCUT2D eigenvalue weighted by molar-refractivity contribution is 0.224. The van der Waals surface area contributed by atoms with E-state index >= 15 is 0 Å². The minimum atomic E-state index is -0.506. The summed E-state index contributed by atoms with van der Waals surface area (Å²) in [5, 5.41) is 10.6. The van der Waals surface area contributed by atoms with Gasteiger partial charge < -0.3 is 5.11 Å². The second kappa shape index (κ2) is 5.98. The third-order valence-corrected chi connectivity index (χ3v) is 7.19. The Morgan fingerprint density at radius 1 is 1.05 bits per heavy atom. The maximum absolute atomic E-state index is 10.6. The fourth-order valence-electron chi connectivity index (χ4n) is 2.52. The molecule has 1 aliphatic carbocycles. The first-order valence-corrected chi connectivity index (χ1v) is 9.61. The molecule has 0 fully saturated rings. The van der Waals surface area contributed by atoms with Gasteiger partial charge in [-0.1, -0.05) is 6.42 Å². The topological polar surface area (TPSA) is 20.2 Å². The van der Waals surface area contributed by atoms with E-state index in [2.05, 4.69) is 37.9 Å². The van der Waals surface area contributed by atoms with Crippen molar-refractivity contribution < 1.29 is 5.11 Å². The summed E-state index contributed by atoms with van der Waals surface area (Å²) in [6.45, 7) is 0. The van der Waals surface area contributed by atoms with Crippen LogP contribution in [0.5, 0.6) is 0 Å². The molecule has 0 bridgehead atoms. The molecule has 102 valence electrons. The molecule has 0 saturated carbocycles. The van der Waals surface area contributed by atoms with Gasteiger partial charge in [0.15, 0.2) is 0 Å². The summed E-state index contributed by atoms with van der Waals surface area (Å²) in [6, 6.07) is 4.22. The number of thiophene rings is 2. The Balaban J connectivity index is 1.92. The molecule has 2 aromatic heterocycles. The smallest absolute Gasteiger partial charge is 0.115 e. The number of aryl methyl sites for hydroxylation is 2. The van der Waals surface area contributed by atoms with Gasteiger partial charge in [-0.05, 0) is 75.2 Å². The van der Waals surface area contributed by atoms with Crippen LogP contribution in [0.2, 0.25) is 0 Å². The summed E-state index contributed by atoms with van der Waals surface area (Å²) in [5.74, 6) is 0. The number of hydrogen-bond acceptors (Lipinski definition) is 3. The number of halogens is 2. The minimum absolute atomic E-state index is 0.506. The Bertz CT molecular complexity index is 565. The largest absolute Gasteiger partial charge is 0.383 e. The van der Waals surface area contributed by atoms with Gasteiger partial charge >= 0.3 is 0 Å². The van der Waals surface area contributed by atoms with E-state index in [1.165, 1.54) is 42.5 Å². The maximum Gasteiger partial charge on any atom is 0.115 e. The van der Waals surface area contributed by atoms with Crippen LogP contribution >= 0.6 is 54.5 Å². The molecule has 0 amide bonds. The van der Waals surface area contributed by atoms with Crippen molar-refractivity contribution in [3.8, 4) is 0 Å². The highest BCUT2D eigenvalue weighted by Gasteiger charge is 2.21. The van der Waals surface area contributed by atoms with Crippen LogP contribution in [-0.2, 0) is 12.8 Å². The predicted molar refractivity (Wildman–Crippen MR) is 89.4 cm³/mol.